The van der Waals surface area contributed by atoms with Crippen molar-refractivity contribution in [3.8, 4) is 5.75 Å². The van der Waals surface area contributed by atoms with E-state index in [0.29, 0.717) is 5.56 Å². The first kappa shape index (κ1) is 28.1. The lowest BCUT2D eigenvalue weighted by Crippen LogP contribution is -2.61. The van der Waals surface area contributed by atoms with E-state index in [9.17, 15) is 23.6 Å². The molecule has 0 bridgehead atoms. The maximum absolute atomic E-state index is 14.0. The fraction of sp³-hybridized carbons (Fsp3) is 0.478. The van der Waals surface area contributed by atoms with E-state index in [0.717, 1.165) is 32.5 Å². The lowest BCUT2D eigenvalue weighted by molar-refractivity contribution is -0.237. The molecule has 0 radical (unpaired) electrons. The van der Waals surface area contributed by atoms with Crippen LogP contribution in [0.15, 0.2) is 23.6 Å². The van der Waals surface area contributed by atoms with Gasteiger partial charge in [-0.2, -0.15) is 0 Å². The van der Waals surface area contributed by atoms with Gasteiger partial charge in [0.15, 0.2) is 29.9 Å². The number of hydrogen-bond acceptors (Lipinski definition) is 11. The molecular weight excluding hydrogens is 487 g/mol. The number of carbonyl (C=O) groups is 4. The van der Waals surface area contributed by atoms with E-state index in [1.165, 1.54) is 26.2 Å². The van der Waals surface area contributed by atoms with E-state index in [4.69, 9.17) is 28.4 Å². The summed E-state index contributed by atoms with van der Waals surface area (Å²) in [5.41, 5.74) is -0.448. The minimum atomic E-state index is -1.25. The number of carbonyl (C=O) groups excluding carboxylic acids is 4. The molecule has 0 N–H and O–H groups in total. The third-order valence-electron chi connectivity index (χ3n) is 4.60. The molecule has 1 aromatic rings. The number of benzene rings is 1. The van der Waals surface area contributed by atoms with Crippen LogP contribution in [0.25, 0.3) is 6.08 Å². The number of halogens is 1. The third kappa shape index (κ3) is 8.55. The summed E-state index contributed by atoms with van der Waals surface area (Å²) in [5, 5.41) is 1.57. The molecule has 1 heterocycles. The van der Waals surface area contributed by atoms with E-state index < -0.39 is 59.5 Å². The highest BCUT2D eigenvalue weighted by Gasteiger charge is 2.52. The highest BCUT2D eigenvalue weighted by molar-refractivity contribution is 8.02. The van der Waals surface area contributed by atoms with Crippen molar-refractivity contribution in [1.29, 1.82) is 0 Å². The van der Waals surface area contributed by atoms with Crippen LogP contribution in [0.1, 0.15) is 33.3 Å². The maximum Gasteiger partial charge on any atom is 0.303 e. The summed E-state index contributed by atoms with van der Waals surface area (Å²) in [4.78, 5) is 46.8. The quantitative estimate of drug-likeness (QED) is 0.357. The minimum absolute atomic E-state index is 0.0920. The Hall–Kier alpha value is -3.12. The largest absolute Gasteiger partial charge is 0.494 e. The molecule has 10 nitrogen and oxygen atoms in total. The van der Waals surface area contributed by atoms with Crippen molar-refractivity contribution >= 4 is 41.7 Å². The summed E-state index contributed by atoms with van der Waals surface area (Å²) in [7, 11) is 1.36. The molecule has 192 valence electrons. The summed E-state index contributed by atoms with van der Waals surface area (Å²) in [6.07, 6.45) is -3.11. The predicted octanol–water partition coefficient (Wildman–Crippen LogP) is 2.62. The van der Waals surface area contributed by atoms with Crippen molar-refractivity contribution in [1.82, 2.24) is 0 Å². The summed E-state index contributed by atoms with van der Waals surface area (Å²) in [6.45, 7) is 4.33. The van der Waals surface area contributed by atoms with E-state index in [2.05, 4.69) is 0 Å². The molecule has 1 saturated heterocycles. The van der Waals surface area contributed by atoms with Gasteiger partial charge in [0, 0.05) is 27.7 Å². The SMILES string of the molecule is COc1ccc(/C=C\S[C@@H]2O[C@H](COC(C)=O)[C@@H](OC(C)=O)[C@H](OC(C)=O)[C@H]2OC(C)=O)cc1F. The number of ether oxygens (including phenoxy) is 6. The molecule has 1 fully saturated rings. The highest BCUT2D eigenvalue weighted by Crippen LogP contribution is 2.35. The van der Waals surface area contributed by atoms with Crippen LogP contribution in [-0.2, 0) is 42.9 Å². The van der Waals surface area contributed by atoms with E-state index in [1.54, 1.807) is 17.6 Å². The molecule has 1 aliphatic heterocycles. The lowest BCUT2D eigenvalue weighted by atomic mass is 9.99. The molecule has 12 heteroatoms. The van der Waals surface area contributed by atoms with Crippen molar-refractivity contribution in [2.24, 2.45) is 0 Å². The zero-order valence-corrected chi connectivity index (χ0v) is 20.7. The van der Waals surface area contributed by atoms with Crippen LogP contribution in [0.2, 0.25) is 0 Å². The van der Waals surface area contributed by atoms with Crippen LogP contribution in [0.3, 0.4) is 0 Å². The average molecular weight is 515 g/mol. The van der Waals surface area contributed by atoms with Gasteiger partial charge in [-0.25, -0.2) is 4.39 Å². The topological polar surface area (TPSA) is 124 Å². The Morgan fingerprint density at radius 3 is 2.09 bits per heavy atom. The van der Waals surface area contributed by atoms with Gasteiger partial charge < -0.3 is 28.4 Å². The van der Waals surface area contributed by atoms with Gasteiger partial charge in [-0.1, -0.05) is 17.8 Å². The van der Waals surface area contributed by atoms with Crippen LogP contribution in [0, 0.1) is 5.82 Å². The number of thioether (sulfide) groups is 1. The monoisotopic (exact) mass is 514 g/mol. The highest BCUT2D eigenvalue weighted by atomic mass is 32.2. The summed E-state index contributed by atoms with van der Waals surface area (Å²) in [6, 6.07) is 4.36. The van der Waals surface area contributed by atoms with Gasteiger partial charge in [0.1, 0.15) is 18.1 Å². The second kappa shape index (κ2) is 13.1. The smallest absolute Gasteiger partial charge is 0.303 e. The fourth-order valence-electron chi connectivity index (χ4n) is 3.28. The minimum Gasteiger partial charge on any atom is -0.494 e. The molecule has 1 aliphatic rings. The first-order valence-electron chi connectivity index (χ1n) is 10.5. The summed E-state index contributed by atoms with van der Waals surface area (Å²) in [5.74, 6) is -3.18. The second-order valence-corrected chi connectivity index (χ2v) is 8.41. The van der Waals surface area contributed by atoms with Crippen molar-refractivity contribution < 1.29 is 52.0 Å². The number of rotatable bonds is 9. The molecule has 0 saturated carbocycles. The van der Waals surface area contributed by atoms with Crippen molar-refractivity contribution in [3.05, 3.63) is 35.0 Å². The van der Waals surface area contributed by atoms with Gasteiger partial charge in [-0.15, -0.1) is 0 Å². The number of esters is 4. The van der Waals surface area contributed by atoms with Gasteiger partial charge in [0.25, 0.3) is 0 Å². The van der Waals surface area contributed by atoms with Gasteiger partial charge in [-0.3, -0.25) is 19.2 Å². The van der Waals surface area contributed by atoms with Crippen LogP contribution >= 0.6 is 11.8 Å². The van der Waals surface area contributed by atoms with Gasteiger partial charge in [0.2, 0.25) is 0 Å². The molecule has 0 spiro atoms. The lowest BCUT2D eigenvalue weighted by Gasteiger charge is -2.43. The third-order valence-corrected chi connectivity index (χ3v) is 5.54. The van der Waals surface area contributed by atoms with Crippen LogP contribution in [0.4, 0.5) is 4.39 Å². The number of methoxy groups -OCH3 is 1. The summed E-state index contributed by atoms with van der Waals surface area (Å²) >= 11 is 1.04. The zero-order valence-electron chi connectivity index (χ0n) is 19.8. The predicted molar refractivity (Wildman–Crippen MR) is 122 cm³/mol. The Morgan fingerprint density at radius 1 is 0.943 bits per heavy atom. The second-order valence-electron chi connectivity index (χ2n) is 7.40. The van der Waals surface area contributed by atoms with Crippen LogP contribution in [-0.4, -0.2) is 67.4 Å². The molecule has 5 atom stereocenters. The molecule has 0 aromatic heterocycles. The average Bonchev–Trinajstić information content (AvgIpc) is 2.75. The first-order valence-corrected chi connectivity index (χ1v) is 11.4. The molecule has 0 aliphatic carbocycles. The number of hydrogen-bond donors (Lipinski definition) is 0. The maximum atomic E-state index is 14.0. The molecule has 1 aromatic carbocycles. The zero-order chi connectivity index (χ0) is 26.1. The summed E-state index contributed by atoms with van der Waals surface area (Å²) < 4.78 is 46.0. The van der Waals surface area contributed by atoms with Crippen LogP contribution < -0.4 is 4.74 Å². The van der Waals surface area contributed by atoms with Crippen molar-refractivity contribution in [3.63, 3.8) is 0 Å². The normalized spacial score (nSPS) is 23.9. The molecule has 2 rings (SSSR count). The van der Waals surface area contributed by atoms with Gasteiger partial charge in [0.05, 0.1) is 7.11 Å². The molecular formula is C23H27FO10S. The van der Waals surface area contributed by atoms with E-state index in [-0.39, 0.29) is 12.4 Å². The fourth-order valence-corrected chi connectivity index (χ4v) is 4.24. The van der Waals surface area contributed by atoms with E-state index in [1.807, 2.05) is 0 Å². The first-order chi connectivity index (χ1) is 16.5. The Kier molecular flexibility index (Phi) is 10.5. The Balaban J connectivity index is 2.36. The van der Waals surface area contributed by atoms with E-state index >= 15 is 0 Å². The molecule has 35 heavy (non-hydrogen) atoms. The van der Waals surface area contributed by atoms with Crippen molar-refractivity contribution in [2.75, 3.05) is 13.7 Å². The standard InChI is InChI=1S/C23H27FO10S/c1-12(25)30-11-19-20(31-13(2)26)21(32-14(3)27)22(33-15(4)28)23(34-19)35-9-8-16-6-7-18(29-5)17(24)10-16/h6-10,19-23H,11H2,1-5H3/b9-8-/t19-,20-,21+,22-,23+/m1/s1. The van der Waals surface area contributed by atoms with Crippen molar-refractivity contribution in [2.45, 2.75) is 57.5 Å². The molecule has 0 unspecified atom stereocenters. The molecule has 0 amide bonds. The van der Waals surface area contributed by atoms with Gasteiger partial charge >= 0.3 is 23.9 Å². The Bertz CT molecular complexity index is 966. The van der Waals surface area contributed by atoms with Gasteiger partial charge in [-0.05, 0) is 29.2 Å². The Morgan fingerprint density at radius 2 is 1.54 bits per heavy atom. The Labute approximate surface area is 206 Å². The van der Waals surface area contributed by atoms with Crippen LogP contribution in [0.5, 0.6) is 5.75 Å².